The van der Waals surface area contributed by atoms with Gasteiger partial charge in [-0.05, 0) is 30.7 Å². The van der Waals surface area contributed by atoms with Crippen molar-refractivity contribution in [2.75, 3.05) is 0 Å². The molecule has 24 heavy (non-hydrogen) atoms. The highest BCUT2D eigenvalue weighted by molar-refractivity contribution is 5.98. The number of benzene rings is 2. The number of nitrogens with one attached hydrogen (secondary N) is 1. The van der Waals surface area contributed by atoms with Crippen molar-refractivity contribution in [3.8, 4) is 5.75 Å². The van der Waals surface area contributed by atoms with Crippen molar-refractivity contribution in [3.05, 3.63) is 65.7 Å². The number of esters is 1. The lowest BCUT2D eigenvalue weighted by atomic mass is 10.1. The second kappa shape index (κ2) is 7.92. The van der Waals surface area contributed by atoms with Crippen molar-refractivity contribution in [3.63, 3.8) is 0 Å². The molecule has 6 heteroatoms. The molecule has 2 aromatic rings. The fourth-order valence-corrected chi connectivity index (χ4v) is 1.94. The van der Waals surface area contributed by atoms with E-state index in [1.165, 1.54) is 31.2 Å². The number of carbonyl (C=O) groups excluding carboxylic acids is 2. The van der Waals surface area contributed by atoms with E-state index >= 15 is 0 Å². The molecule has 0 aliphatic heterocycles. The molecule has 1 amide bonds. The molecule has 0 bridgehead atoms. The molecule has 6 nitrogen and oxygen atoms in total. The number of hydrogen-bond donors (Lipinski definition) is 2. The number of rotatable bonds is 6. The zero-order valence-electron chi connectivity index (χ0n) is 13.1. The molecule has 2 N–H and O–H groups in total. The van der Waals surface area contributed by atoms with E-state index in [4.69, 9.17) is 9.84 Å². The van der Waals surface area contributed by atoms with Crippen LogP contribution in [-0.2, 0) is 16.1 Å². The van der Waals surface area contributed by atoms with Crippen LogP contribution in [0.2, 0.25) is 0 Å². The summed E-state index contributed by atoms with van der Waals surface area (Å²) >= 11 is 0. The molecule has 0 aliphatic rings. The lowest BCUT2D eigenvalue weighted by Gasteiger charge is -2.12. The minimum absolute atomic E-state index is 0.00137. The Morgan fingerprint density at radius 1 is 1.08 bits per heavy atom. The maximum Gasteiger partial charge on any atom is 0.335 e. The predicted octanol–water partition coefficient (Wildman–Crippen LogP) is 2.24. The van der Waals surface area contributed by atoms with Gasteiger partial charge in [-0.3, -0.25) is 9.59 Å². The van der Waals surface area contributed by atoms with Gasteiger partial charge in [0.25, 0.3) is 0 Å². The second-order valence-electron chi connectivity index (χ2n) is 5.18. The molecule has 0 aliphatic carbocycles. The molecule has 2 aromatic carbocycles. The summed E-state index contributed by atoms with van der Waals surface area (Å²) in [7, 11) is 0. The molecule has 124 valence electrons. The van der Waals surface area contributed by atoms with Gasteiger partial charge in [-0.2, -0.15) is 0 Å². The number of aromatic carboxylic acids is 1. The van der Waals surface area contributed by atoms with Crippen molar-refractivity contribution in [2.45, 2.75) is 13.5 Å². The first-order valence-corrected chi connectivity index (χ1v) is 7.34. The summed E-state index contributed by atoms with van der Waals surface area (Å²) < 4.78 is 5.08. The van der Waals surface area contributed by atoms with Crippen LogP contribution in [0.5, 0.6) is 5.75 Å². The average molecular weight is 327 g/mol. The number of carbonyl (C=O) groups is 3. The summed E-state index contributed by atoms with van der Waals surface area (Å²) in [6.45, 7) is 1.75. The molecule has 2 rings (SSSR count). The number of carboxylic acids is 1. The number of hydrogen-bond acceptors (Lipinski definition) is 4. The van der Waals surface area contributed by atoms with Gasteiger partial charge in [-0.15, -0.1) is 0 Å². The van der Waals surface area contributed by atoms with Crippen molar-refractivity contribution in [1.82, 2.24) is 5.32 Å². The Morgan fingerprint density at radius 3 is 2.46 bits per heavy atom. The Kier molecular flexibility index (Phi) is 5.68. The van der Waals surface area contributed by atoms with Crippen LogP contribution in [0.1, 0.15) is 22.8 Å². The van der Waals surface area contributed by atoms with Crippen LogP contribution in [0.4, 0.5) is 0 Å². The summed E-state index contributed by atoms with van der Waals surface area (Å²) in [5.41, 5.74) is 0.919. The van der Waals surface area contributed by atoms with Gasteiger partial charge in [0.05, 0.1) is 5.56 Å². The molecule has 0 unspecified atom stereocenters. The summed E-state index contributed by atoms with van der Waals surface area (Å²) in [6.07, 6.45) is 0. The second-order valence-corrected chi connectivity index (χ2v) is 5.18. The van der Waals surface area contributed by atoms with E-state index in [0.29, 0.717) is 6.54 Å². The highest BCUT2D eigenvalue weighted by Gasteiger charge is 2.23. The monoisotopic (exact) mass is 327 g/mol. The lowest BCUT2D eigenvalue weighted by Crippen LogP contribution is -2.35. The third-order valence-electron chi connectivity index (χ3n) is 3.36. The largest absolute Gasteiger partial charge is 0.478 e. The van der Waals surface area contributed by atoms with Crippen LogP contribution < -0.4 is 10.1 Å². The SMILES string of the molecule is C[C@@H](C(=O)NCc1ccccc1)C(=O)Oc1cccc(C(=O)O)c1. The molecule has 0 saturated heterocycles. The maximum absolute atomic E-state index is 12.0. The van der Waals surface area contributed by atoms with E-state index in [-0.39, 0.29) is 11.3 Å². The highest BCUT2D eigenvalue weighted by atomic mass is 16.5. The third kappa shape index (κ3) is 4.67. The minimum atomic E-state index is -1.12. The molecule has 0 heterocycles. The zero-order chi connectivity index (χ0) is 17.5. The molecule has 0 radical (unpaired) electrons. The van der Waals surface area contributed by atoms with Crippen LogP contribution in [0.15, 0.2) is 54.6 Å². The Balaban J connectivity index is 1.92. The minimum Gasteiger partial charge on any atom is -0.478 e. The summed E-state index contributed by atoms with van der Waals surface area (Å²) in [5.74, 6) is -3.26. The first-order valence-electron chi connectivity index (χ1n) is 7.34. The number of ether oxygens (including phenoxy) is 1. The standard InChI is InChI=1S/C18H17NO5/c1-12(16(20)19-11-13-6-3-2-4-7-13)18(23)24-15-9-5-8-14(10-15)17(21)22/h2-10,12H,11H2,1H3,(H,19,20)(H,21,22)/t12-/m0/s1. The lowest BCUT2D eigenvalue weighted by molar-refractivity contribution is -0.144. The van der Waals surface area contributed by atoms with Gasteiger partial charge in [0.15, 0.2) is 0 Å². The topological polar surface area (TPSA) is 92.7 Å². The fraction of sp³-hybridized carbons (Fsp3) is 0.167. The summed E-state index contributed by atoms with van der Waals surface area (Å²) in [5, 5.41) is 11.6. The molecular formula is C18H17NO5. The van der Waals surface area contributed by atoms with Gasteiger partial charge in [0, 0.05) is 6.54 Å². The first kappa shape index (κ1) is 17.2. The van der Waals surface area contributed by atoms with Crippen LogP contribution in [0, 0.1) is 5.92 Å². The van der Waals surface area contributed by atoms with E-state index in [2.05, 4.69) is 5.32 Å². The summed E-state index contributed by atoms with van der Waals surface area (Å²) in [4.78, 5) is 34.9. The van der Waals surface area contributed by atoms with E-state index in [9.17, 15) is 14.4 Å². The molecule has 0 fully saturated rings. The zero-order valence-corrected chi connectivity index (χ0v) is 13.1. The quantitative estimate of drug-likeness (QED) is 0.482. The fourth-order valence-electron chi connectivity index (χ4n) is 1.94. The molecule has 0 saturated carbocycles. The molecule has 0 aromatic heterocycles. The molecular weight excluding hydrogens is 310 g/mol. The van der Waals surface area contributed by atoms with Crippen LogP contribution in [0.25, 0.3) is 0 Å². The smallest absolute Gasteiger partial charge is 0.335 e. The summed E-state index contributed by atoms with van der Waals surface area (Å²) in [6, 6.07) is 14.8. The van der Waals surface area contributed by atoms with Gasteiger partial charge in [0.1, 0.15) is 11.7 Å². The van der Waals surface area contributed by atoms with Crippen molar-refractivity contribution < 1.29 is 24.2 Å². The van der Waals surface area contributed by atoms with Crippen molar-refractivity contribution >= 4 is 17.8 Å². The van der Waals surface area contributed by atoms with E-state index in [1.807, 2.05) is 30.3 Å². The van der Waals surface area contributed by atoms with Crippen LogP contribution >= 0.6 is 0 Å². The van der Waals surface area contributed by atoms with E-state index in [1.54, 1.807) is 0 Å². The maximum atomic E-state index is 12.0. The molecule has 1 atom stereocenters. The Hall–Kier alpha value is -3.15. The van der Waals surface area contributed by atoms with Gasteiger partial charge in [-0.1, -0.05) is 36.4 Å². The third-order valence-corrected chi connectivity index (χ3v) is 3.36. The van der Waals surface area contributed by atoms with Gasteiger partial charge in [-0.25, -0.2) is 4.79 Å². The Morgan fingerprint density at radius 2 is 1.79 bits per heavy atom. The van der Waals surface area contributed by atoms with Crippen molar-refractivity contribution in [1.29, 1.82) is 0 Å². The van der Waals surface area contributed by atoms with Crippen LogP contribution in [0.3, 0.4) is 0 Å². The highest BCUT2D eigenvalue weighted by Crippen LogP contribution is 2.15. The van der Waals surface area contributed by atoms with E-state index < -0.39 is 23.8 Å². The molecule has 0 spiro atoms. The Labute approximate surface area is 139 Å². The predicted molar refractivity (Wildman–Crippen MR) is 86.5 cm³/mol. The van der Waals surface area contributed by atoms with Crippen molar-refractivity contribution in [2.24, 2.45) is 5.92 Å². The van der Waals surface area contributed by atoms with Gasteiger partial charge in [0.2, 0.25) is 5.91 Å². The number of amides is 1. The van der Waals surface area contributed by atoms with Crippen LogP contribution in [-0.4, -0.2) is 23.0 Å². The average Bonchev–Trinajstić information content (AvgIpc) is 2.60. The van der Waals surface area contributed by atoms with Gasteiger partial charge < -0.3 is 15.2 Å². The Bertz CT molecular complexity index is 742. The van der Waals surface area contributed by atoms with Gasteiger partial charge >= 0.3 is 11.9 Å². The normalized spacial score (nSPS) is 11.4. The van der Waals surface area contributed by atoms with E-state index in [0.717, 1.165) is 5.56 Å². The number of carboxylic acid groups (broad SMARTS) is 1. The first-order chi connectivity index (χ1) is 11.5.